The monoisotopic (exact) mass is 250 g/mol. The molecule has 0 bridgehead atoms. The Balaban J connectivity index is 2.32. The van der Waals surface area contributed by atoms with Crippen LogP contribution in [0, 0.1) is 0 Å². The molecule has 1 aliphatic rings. The second kappa shape index (κ2) is 5.57. The average Bonchev–Trinajstić information content (AvgIpc) is 3.22. The van der Waals surface area contributed by atoms with Crippen LogP contribution in [0.25, 0.3) is 0 Å². The largest absolute Gasteiger partial charge is 0.495 e. The Hall–Kier alpha value is -1.29. The second-order valence-electron chi connectivity index (χ2n) is 4.88. The van der Waals surface area contributed by atoms with E-state index < -0.39 is 0 Å². The first-order chi connectivity index (χ1) is 8.69. The van der Waals surface area contributed by atoms with Crippen LogP contribution in [0.2, 0.25) is 0 Å². The molecule has 0 aromatic carbocycles. The third kappa shape index (κ3) is 2.75. The van der Waals surface area contributed by atoms with Crippen molar-refractivity contribution >= 4 is 0 Å². The Labute approximate surface area is 108 Å². The minimum atomic E-state index is 0.114. The van der Waals surface area contributed by atoms with Crippen LogP contribution in [-0.4, -0.2) is 25.2 Å². The van der Waals surface area contributed by atoms with E-state index in [1.165, 1.54) is 18.4 Å². The molecule has 1 saturated carbocycles. The maximum Gasteiger partial charge on any atom is 0.217 e. The summed E-state index contributed by atoms with van der Waals surface area (Å²) in [6.07, 6.45) is 4.09. The van der Waals surface area contributed by atoms with Gasteiger partial charge >= 0.3 is 0 Å². The molecular weight excluding hydrogens is 228 g/mol. The number of rotatable bonds is 6. The minimum absolute atomic E-state index is 0.114. The molecule has 1 unspecified atom stereocenters. The fraction of sp³-hybridized carbons (Fsp3) is 0.643. The smallest absolute Gasteiger partial charge is 0.217 e. The lowest BCUT2D eigenvalue weighted by Gasteiger charge is -2.15. The number of methoxy groups -OCH3 is 2. The zero-order chi connectivity index (χ0) is 13.1. The van der Waals surface area contributed by atoms with Crippen molar-refractivity contribution in [1.82, 2.24) is 4.98 Å². The lowest BCUT2D eigenvalue weighted by Crippen LogP contribution is -2.22. The number of aromatic nitrogens is 1. The highest BCUT2D eigenvalue weighted by molar-refractivity contribution is 5.42. The molecule has 4 heteroatoms. The van der Waals surface area contributed by atoms with Gasteiger partial charge in [-0.2, -0.15) is 0 Å². The average molecular weight is 250 g/mol. The van der Waals surface area contributed by atoms with Gasteiger partial charge in [0.1, 0.15) is 5.75 Å². The van der Waals surface area contributed by atoms with Gasteiger partial charge in [-0.1, -0.05) is 6.92 Å². The van der Waals surface area contributed by atoms with Crippen molar-refractivity contribution in [3.63, 3.8) is 0 Å². The molecule has 1 aromatic rings. The van der Waals surface area contributed by atoms with Gasteiger partial charge in [-0.15, -0.1) is 0 Å². The topological polar surface area (TPSA) is 57.4 Å². The van der Waals surface area contributed by atoms with Crippen LogP contribution >= 0.6 is 0 Å². The van der Waals surface area contributed by atoms with Gasteiger partial charge in [-0.05, 0) is 31.2 Å². The third-order valence-corrected chi connectivity index (χ3v) is 3.46. The Morgan fingerprint density at radius 2 is 2.11 bits per heavy atom. The van der Waals surface area contributed by atoms with Crippen molar-refractivity contribution in [3.8, 4) is 11.6 Å². The van der Waals surface area contributed by atoms with E-state index in [2.05, 4.69) is 18.0 Å². The fourth-order valence-electron chi connectivity index (χ4n) is 2.09. The molecule has 1 aliphatic carbocycles. The van der Waals surface area contributed by atoms with E-state index in [1.54, 1.807) is 14.2 Å². The first kappa shape index (κ1) is 13.1. The third-order valence-electron chi connectivity index (χ3n) is 3.46. The van der Waals surface area contributed by atoms with E-state index in [9.17, 15) is 0 Å². The highest BCUT2D eigenvalue weighted by atomic mass is 16.5. The molecule has 18 heavy (non-hydrogen) atoms. The van der Waals surface area contributed by atoms with Crippen molar-refractivity contribution < 1.29 is 9.47 Å². The summed E-state index contributed by atoms with van der Waals surface area (Å²) in [7, 11) is 3.35. The fourth-order valence-corrected chi connectivity index (χ4v) is 2.09. The summed E-state index contributed by atoms with van der Waals surface area (Å²) in [5, 5.41) is 0. The normalized spacial score (nSPS) is 16.4. The van der Waals surface area contributed by atoms with Crippen LogP contribution in [0.3, 0.4) is 0 Å². The number of nitrogens with zero attached hydrogens (tertiary/aromatic N) is 1. The SMILES string of the molecule is CCC(N)Cc1nc(OC)c(C2CC2)cc1OC. The molecule has 4 nitrogen and oxygen atoms in total. The number of nitrogens with two attached hydrogens (primary N) is 1. The predicted octanol–water partition coefficient (Wildman–Crippen LogP) is 2.26. The first-order valence-corrected chi connectivity index (χ1v) is 6.56. The van der Waals surface area contributed by atoms with Crippen molar-refractivity contribution in [2.45, 2.75) is 44.6 Å². The molecular formula is C14H22N2O2. The van der Waals surface area contributed by atoms with Crippen LogP contribution in [0.1, 0.15) is 43.4 Å². The number of ether oxygens (including phenoxy) is 2. The van der Waals surface area contributed by atoms with E-state index in [1.807, 2.05) is 0 Å². The highest BCUT2D eigenvalue weighted by Crippen LogP contribution is 2.45. The molecule has 0 aliphatic heterocycles. The molecule has 0 amide bonds. The summed E-state index contributed by atoms with van der Waals surface area (Å²) in [6.45, 7) is 2.08. The van der Waals surface area contributed by atoms with Crippen LogP contribution in [-0.2, 0) is 6.42 Å². The molecule has 1 atom stereocenters. The summed E-state index contributed by atoms with van der Waals surface area (Å²) in [5.74, 6) is 2.16. The van der Waals surface area contributed by atoms with Gasteiger partial charge in [0.05, 0.1) is 19.9 Å². The maximum absolute atomic E-state index is 5.99. The van der Waals surface area contributed by atoms with E-state index in [0.29, 0.717) is 5.92 Å². The van der Waals surface area contributed by atoms with E-state index in [-0.39, 0.29) is 6.04 Å². The second-order valence-corrected chi connectivity index (χ2v) is 4.88. The van der Waals surface area contributed by atoms with Crippen LogP contribution < -0.4 is 15.2 Å². The molecule has 0 saturated heterocycles. The highest BCUT2D eigenvalue weighted by Gasteiger charge is 2.29. The van der Waals surface area contributed by atoms with Gasteiger partial charge in [-0.25, -0.2) is 4.98 Å². The minimum Gasteiger partial charge on any atom is -0.495 e. The number of hydrogen-bond acceptors (Lipinski definition) is 4. The molecule has 1 fully saturated rings. The van der Waals surface area contributed by atoms with E-state index in [4.69, 9.17) is 15.2 Å². The summed E-state index contributed by atoms with van der Waals surface area (Å²) < 4.78 is 10.8. The Morgan fingerprint density at radius 3 is 2.61 bits per heavy atom. The van der Waals surface area contributed by atoms with Crippen molar-refractivity contribution in [1.29, 1.82) is 0 Å². The van der Waals surface area contributed by atoms with Gasteiger partial charge in [0, 0.05) is 18.0 Å². The maximum atomic E-state index is 5.99. The van der Waals surface area contributed by atoms with Gasteiger partial charge in [-0.3, -0.25) is 0 Å². The number of hydrogen-bond donors (Lipinski definition) is 1. The van der Waals surface area contributed by atoms with Crippen molar-refractivity contribution in [2.24, 2.45) is 5.73 Å². The van der Waals surface area contributed by atoms with E-state index >= 15 is 0 Å². The van der Waals surface area contributed by atoms with Crippen molar-refractivity contribution in [3.05, 3.63) is 17.3 Å². The zero-order valence-corrected chi connectivity index (χ0v) is 11.4. The Kier molecular flexibility index (Phi) is 4.07. The van der Waals surface area contributed by atoms with Gasteiger partial charge in [0.2, 0.25) is 5.88 Å². The Bertz CT molecular complexity index is 417. The number of pyridine rings is 1. The molecule has 1 heterocycles. The summed E-state index contributed by atoms with van der Waals surface area (Å²) >= 11 is 0. The molecule has 2 rings (SSSR count). The van der Waals surface area contributed by atoms with Crippen molar-refractivity contribution in [2.75, 3.05) is 14.2 Å². The standard InChI is InChI=1S/C14H22N2O2/c1-4-10(15)7-12-13(17-2)8-11(9-5-6-9)14(16-12)18-3/h8-10H,4-7,15H2,1-3H3. The summed E-state index contributed by atoms with van der Waals surface area (Å²) in [4.78, 5) is 4.58. The Morgan fingerprint density at radius 1 is 1.39 bits per heavy atom. The summed E-state index contributed by atoms with van der Waals surface area (Å²) in [5.41, 5.74) is 8.06. The van der Waals surface area contributed by atoms with Crippen LogP contribution in [0.4, 0.5) is 0 Å². The van der Waals surface area contributed by atoms with E-state index in [0.717, 1.165) is 30.2 Å². The van der Waals surface area contributed by atoms with Gasteiger partial charge in [0.15, 0.2) is 0 Å². The van der Waals surface area contributed by atoms with Crippen LogP contribution in [0.5, 0.6) is 11.6 Å². The molecule has 1 aromatic heterocycles. The van der Waals surface area contributed by atoms with Gasteiger partial charge in [0.25, 0.3) is 0 Å². The predicted molar refractivity (Wildman–Crippen MR) is 71.3 cm³/mol. The molecule has 2 N–H and O–H groups in total. The lowest BCUT2D eigenvalue weighted by molar-refractivity contribution is 0.375. The zero-order valence-electron chi connectivity index (χ0n) is 11.4. The quantitative estimate of drug-likeness (QED) is 0.841. The summed E-state index contributed by atoms with van der Waals surface area (Å²) in [6, 6.07) is 2.18. The van der Waals surface area contributed by atoms with Crippen LogP contribution in [0.15, 0.2) is 6.07 Å². The molecule has 100 valence electrons. The lowest BCUT2D eigenvalue weighted by atomic mass is 10.1. The molecule has 0 radical (unpaired) electrons. The molecule has 0 spiro atoms. The van der Waals surface area contributed by atoms with Gasteiger partial charge < -0.3 is 15.2 Å². The first-order valence-electron chi connectivity index (χ1n) is 6.56.